The standard InChI is InChI=1S/C18H24BrN3O2/c1-18(2,3)24-17(23)21(4)11-6-8-14-13(10-11)12-7-9-15(19)20-16(12)22(14)5/h7,9,11H,6,8,10H2,1-5H3/t11-/m1/s1. The molecule has 0 radical (unpaired) electrons. The molecule has 0 aromatic carbocycles. The van der Waals surface area contributed by atoms with E-state index in [0.717, 1.165) is 29.5 Å². The topological polar surface area (TPSA) is 47.4 Å². The lowest BCUT2D eigenvalue weighted by Crippen LogP contribution is -2.43. The zero-order valence-corrected chi connectivity index (χ0v) is 16.5. The lowest BCUT2D eigenvalue weighted by molar-refractivity contribution is 0.0210. The molecule has 1 atom stereocenters. The van der Waals surface area contributed by atoms with Crippen LogP contribution in [0, 0.1) is 0 Å². The fourth-order valence-corrected chi connectivity index (χ4v) is 3.70. The Labute approximate surface area is 151 Å². The van der Waals surface area contributed by atoms with Crippen LogP contribution in [0.4, 0.5) is 4.79 Å². The van der Waals surface area contributed by atoms with Crippen LogP contribution in [0.25, 0.3) is 11.0 Å². The summed E-state index contributed by atoms with van der Waals surface area (Å²) >= 11 is 3.45. The molecule has 6 heteroatoms. The van der Waals surface area contributed by atoms with Gasteiger partial charge < -0.3 is 14.2 Å². The van der Waals surface area contributed by atoms with Gasteiger partial charge in [0, 0.05) is 31.2 Å². The highest BCUT2D eigenvalue weighted by atomic mass is 79.9. The van der Waals surface area contributed by atoms with E-state index in [-0.39, 0.29) is 12.1 Å². The number of halogens is 1. The van der Waals surface area contributed by atoms with Gasteiger partial charge in [0.2, 0.25) is 0 Å². The van der Waals surface area contributed by atoms with Crippen molar-refractivity contribution >= 4 is 33.1 Å². The van der Waals surface area contributed by atoms with Crippen LogP contribution in [0.2, 0.25) is 0 Å². The summed E-state index contributed by atoms with van der Waals surface area (Å²) in [7, 11) is 3.90. The molecule has 0 saturated heterocycles. The number of aryl methyl sites for hydroxylation is 1. The second kappa shape index (κ2) is 6.06. The summed E-state index contributed by atoms with van der Waals surface area (Å²) in [6, 6.07) is 4.24. The summed E-state index contributed by atoms with van der Waals surface area (Å²) in [5.41, 5.74) is 3.15. The Balaban J connectivity index is 1.88. The predicted molar refractivity (Wildman–Crippen MR) is 98.2 cm³/mol. The van der Waals surface area contributed by atoms with E-state index in [2.05, 4.69) is 38.6 Å². The molecule has 0 fully saturated rings. The number of likely N-dealkylation sites (N-methyl/N-ethyl adjacent to an activating group) is 1. The molecule has 1 aliphatic carbocycles. The predicted octanol–water partition coefficient (Wildman–Crippen LogP) is 4.06. The molecule has 130 valence electrons. The minimum Gasteiger partial charge on any atom is -0.444 e. The van der Waals surface area contributed by atoms with Crippen molar-refractivity contribution in [3.8, 4) is 0 Å². The van der Waals surface area contributed by atoms with Crippen molar-refractivity contribution in [3.63, 3.8) is 0 Å². The number of hydrogen-bond donors (Lipinski definition) is 0. The first kappa shape index (κ1) is 17.3. The molecule has 0 saturated carbocycles. The minimum atomic E-state index is -0.471. The molecule has 1 amide bonds. The Hall–Kier alpha value is -1.56. The van der Waals surface area contributed by atoms with Crippen LogP contribution in [-0.4, -0.2) is 39.2 Å². The number of pyridine rings is 1. The van der Waals surface area contributed by atoms with Crippen molar-refractivity contribution in [2.24, 2.45) is 7.05 Å². The summed E-state index contributed by atoms with van der Waals surface area (Å²) < 4.78 is 8.53. The monoisotopic (exact) mass is 393 g/mol. The van der Waals surface area contributed by atoms with Crippen molar-refractivity contribution in [3.05, 3.63) is 28.0 Å². The van der Waals surface area contributed by atoms with Gasteiger partial charge in [0.15, 0.2) is 0 Å². The number of ether oxygens (including phenoxy) is 1. The fraction of sp³-hybridized carbons (Fsp3) is 0.556. The molecule has 0 unspecified atom stereocenters. The maximum absolute atomic E-state index is 12.4. The molecule has 1 aliphatic rings. The first-order valence-electron chi connectivity index (χ1n) is 8.26. The highest BCUT2D eigenvalue weighted by molar-refractivity contribution is 9.10. The van der Waals surface area contributed by atoms with Crippen molar-refractivity contribution in [1.29, 1.82) is 0 Å². The lowest BCUT2D eigenvalue weighted by atomic mass is 9.91. The number of carbonyl (C=O) groups excluding carboxylic acids is 1. The Bertz CT molecular complexity index is 792. The summed E-state index contributed by atoms with van der Waals surface area (Å²) in [4.78, 5) is 18.7. The molecular weight excluding hydrogens is 370 g/mol. The number of carbonyl (C=O) groups is 1. The molecule has 2 aromatic rings. The summed E-state index contributed by atoms with van der Waals surface area (Å²) in [5.74, 6) is 0. The van der Waals surface area contributed by atoms with E-state index in [9.17, 15) is 4.79 Å². The molecular formula is C18H24BrN3O2. The van der Waals surface area contributed by atoms with Crippen LogP contribution in [0.15, 0.2) is 16.7 Å². The van der Waals surface area contributed by atoms with Gasteiger partial charge in [0.25, 0.3) is 0 Å². The van der Waals surface area contributed by atoms with Crippen molar-refractivity contribution < 1.29 is 9.53 Å². The van der Waals surface area contributed by atoms with Gasteiger partial charge in [-0.2, -0.15) is 0 Å². The second-order valence-corrected chi connectivity index (χ2v) is 8.29. The van der Waals surface area contributed by atoms with Gasteiger partial charge in [-0.25, -0.2) is 9.78 Å². The van der Waals surface area contributed by atoms with Crippen LogP contribution in [0.5, 0.6) is 0 Å². The third kappa shape index (κ3) is 3.16. The molecule has 5 nitrogen and oxygen atoms in total. The molecule has 2 heterocycles. The van der Waals surface area contributed by atoms with Crippen LogP contribution in [-0.2, 0) is 24.6 Å². The number of rotatable bonds is 1. The van der Waals surface area contributed by atoms with E-state index < -0.39 is 5.60 Å². The molecule has 3 rings (SSSR count). The highest BCUT2D eigenvalue weighted by Crippen LogP contribution is 2.33. The van der Waals surface area contributed by atoms with Crippen LogP contribution in [0.1, 0.15) is 38.4 Å². The third-order valence-corrected chi connectivity index (χ3v) is 5.06. The third-order valence-electron chi connectivity index (χ3n) is 4.62. The maximum atomic E-state index is 12.4. The van der Waals surface area contributed by atoms with Crippen LogP contribution in [0.3, 0.4) is 0 Å². The van der Waals surface area contributed by atoms with E-state index >= 15 is 0 Å². The van der Waals surface area contributed by atoms with Crippen molar-refractivity contribution in [2.45, 2.75) is 51.7 Å². The Kier molecular flexibility index (Phi) is 4.36. The second-order valence-electron chi connectivity index (χ2n) is 7.48. The first-order valence-corrected chi connectivity index (χ1v) is 9.05. The van der Waals surface area contributed by atoms with Gasteiger partial charge in [0.05, 0.1) is 0 Å². The van der Waals surface area contributed by atoms with Crippen LogP contribution >= 0.6 is 15.9 Å². The maximum Gasteiger partial charge on any atom is 0.410 e. The van der Waals surface area contributed by atoms with E-state index in [4.69, 9.17) is 4.74 Å². The van der Waals surface area contributed by atoms with Gasteiger partial charge in [0.1, 0.15) is 15.9 Å². The molecule has 0 N–H and O–H groups in total. The molecule has 0 aliphatic heterocycles. The van der Waals surface area contributed by atoms with Gasteiger partial charge in [-0.05, 0) is 73.7 Å². The van der Waals surface area contributed by atoms with Gasteiger partial charge in [-0.3, -0.25) is 0 Å². The Morgan fingerprint density at radius 1 is 1.42 bits per heavy atom. The first-order chi connectivity index (χ1) is 11.2. The normalized spacial score (nSPS) is 17.7. The number of nitrogens with zero attached hydrogens (tertiary/aromatic N) is 3. The number of fused-ring (bicyclic) bond motifs is 3. The average molecular weight is 394 g/mol. The SMILES string of the molecule is CN(C(=O)OC(C)(C)C)[C@@H]1CCc2c(c3ccc(Br)nc3n2C)C1. The van der Waals surface area contributed by atoms with Gasteiger partial charge in [-0.1, -0.05) is 0 Å². The van der Waals surface area contributed by atoms with E-state index in [1.165, 1.54) is 16.6 Å². The largest absolute Gasteiger partial charge is 0.444 e. The smallest absolute Gasteiger partial charge is 0.410 e. The van der Waals surface area contributed by atoms with Crippen LogP contribution < -0.4 is 0 Å². The van der Waals surface area contributed by atoms with Gasteiger partial charge >= 0.3 is 6.09 Å². The Morgan fingerprint density at radius 3 is 2.79 bits per heavy atom. The molecule has 2 aromatic heterocycles. The summed E-state index contributed by atoms with van der Waals surface area (Å²) in [6.07, 6.45) is 2.47. The highest BCUT2D eigenvalue weighted by Gasteiger charge is 2.31. The van der Waals surface area contributed by atoms with E-state index in [0.29, 0.717) is 0 Å². The molecule has 0 spiro atoms. The van der Waals surface area contributed by atoms with E-state index in [1.54, 1.807) is 4.90 Å². The number of aromatic nitrogens is 2. The fourth-order valence-electron chi connectivity index (χ4n) is 3.40. The zero-order chi connectivity index (χ0) is 17.6. The summed E-state index contributed by atoms with van der Waals surface area (Å²) in [6.45, 7) is 5.68. The molecule has 0 bridgehead atoms. The lowest BCUT2D eigenvalue weighted by Gasteiger charge is -2.33. The zero-order valence-electron chi connectivity index (χ0n) is 14.9. The quantitative estimate of drug-likeness (QED) is 0.686. The van der Waals surface area contributed by atoms with Gasteiger partial charge in [-0.15, -0.1) is 0 Å². The summed E-state index contributed by atoms with van der Waals surface area (Å²) in [5, 5.41) is 1.18. The van der Waals surface area contributed by atoms with Crippen molar-refractivity contribution in [1.82, 2.24) is 14.5 Å². The average Bonchev–Trinajstić information content (AvgIpc) is 2.77. The van der Waals surface area contributed by atoms with Crippen molar-refractivity contribution in [2.75, 3.05) is 7.05 Å². The minimum absolute atomic E-state index is 0.154. The molecule has 24 heavy (non-hydrogen) atoms. The number of amides is 1. The van der Waals surface area contributed by atoms with E-state index in [1.807, 2.05) is 33.9 Å². The number of hydrogen-bond acceptors (Lipinski definition) is 3. The Morgan fingerprint density at radius 2 is 2.12 bits per heavy atom.